The van der Waals surface area contributed by atoms with Crippen molar-refractivity contribution in [3.8, 4) is 28.2 Å². The third-order valence-electron chi connectivity index (χ3n) is 6.32. The van der Waals surface area contributed by atoms with E-state index < -0.39 is 0 Å². The lowest BCUT2D eigenvalue weighted by Gasteiger charge is -2.11. The van der Waals surface area contributed by atoms with E-state index in [1.165, 1.54) is 0 Å². The van der Waals surface area contributed by atoms with Crippen LogP contribution in [0.1, 0.15) is 0 Å². The van der Waals surface area contributed by atoms with Crippen molar-refractivity contribution in [3.63, 3.8) is 0 Å². The first-order chi connectivity index (χ1) is 16.9. The largest absolute Gasteiger partial charge is 0.276 e. The molecule has 0 saturated carbocycles. The Bertz CT molecular complexity index is 1740. The fraction of sp³-hybridized carbons (Fsp3) is 0. The maximum absolute atomic E-state index is 5.15. The number of rotatable bonds is 3. The maximum atomic E-state index is 5.15. The molecule has 4 nitrogen and oxygen atoms in total. The summed E-state index contributed by atoms with van der Waals surface area (Å²) in [5.74, 6) is 1.71. The summed E-state index contributed by atoms with van der Waals surface area (Å²) < 4.78 is 4.40. The second-order valence-corrected chi connectivity index (χ2v) is 8.39. The average molecular weight is 437 g/mol. The van der Waals surface area contributed by atoms with Crippen LogP contribution in [0.25, 0.3) is 56.0 Å². The van der Waals surface area contributed by atoms with Gasteiger partial charge in [-0.2, -0.15) is 0 Å². The Labute approximate surface area is 196 Å². The molecule has 7 rings (SSSR count). The summed E-state index contributed by atoms with van der Waals surface area (Å²) >= 11 is 0. The minimum atomic E-state index is 0.849. The predicted molar refractivity (Wildman–Crippen MR) is 138 cm³/mol. The first-order valence-corrected chi connectivity index (χ1v) is 11.4. The highest BCUT2D eigenvalue weighted by Gasteiger charge is 2.18. The standard InChI is InChI=1S/C30H20N4/c1-3-11-21(12-4-1)23-19-25(22-13-5-2-6-14-22)31-29(20-23)34-28-18-10-9-17-27(28)33-26-16-8-7-15-24(26)32-30(33)34/h1-20H. The molecule has 0 amide bonds. The lowest BCUT2D eigenvalue weighted by Crippen LogP contribution is -2.01. The fourth-order valence-corrected chi connectivity index (χ4v) is 4.76. The number of benzene rings is 4. The van der Waals surface area contributed by atoms with E-state index in [-0.39, 0.29) is 0 Å². The van der Waals surface area contributed by atoms with Crippen LogP contribution >= 0.6 is 0 Å². The highest BCUT2D eigenvalue weighted by atomic mass is 15.2. The number of imidazole rings is 2. The van der Waals surface area contributed by atoms with Crippen molar-refractivity contribution in [2.24, 2.45) is 0 Å². The normalized spacial score (nSPS) is 11.5. The van der Waals surface area contributed by atoms with Gasteiger partial charge in [0.15, 0.2) is 0 Å². The molecule has 0 spiro atoms. The Hall–Kier alpha value is -4.70. The quantitative estimate of drug-likeness (QED) is 0.295. The molecule has 160 valence electrons. The van der Waals surface area contributed by atoms with Gasteiger partial charge in [0.2, 0.25) is 5.78 Å². The molecule has 7 aromatic rings. The number of aromatic nitrogens is 4. The summed E-state index contributed by atoms with van der Waals surface area (Å²) in [7, 11) is 0. The highest BCUT2D eigenvalue weighted by Crippen LogP contribution is 2.32. The second kappa shape index (κ2) is 7.42. The summed E-state index contributed by atoms with van der Waals surface area (Å²) in [6, 6.07) is 41.8. The van der Waals surface area contributed by atoms with E-state index in [1.54, 1.807) is 0 Å². The van der Waals surface area contributed by atoms with Crippen LogP contribution in [0.2, 0.25) is 0 Å². The van der Waals surface area contributed by atoms with Crippen molar-refractivity contribution in [1.82, 2.24) is 18.9 Å². The molecule has 0 bridgehead atoms. The van der Waals surface area contributed by atoms with E-state index in [0.29, 0.717) is 0 Å². The van der Waals surface area contributed by atoms with E-state index in [0.717, 1.165) is 56.0 Å². The van der Waals surface area contributed by atoms with Crippen molar-refractivity contribution < 1.29 is 0 Å². The first kappa shape index (κ1) is 18.8. The SMILES string of the molecule is c1ccc(-c2cc(-c3ccccc3)nc(-n3c4ccccc4n4c5ccccc5nc34)c2)cc1. The third-order valence-corrected chi connectivity index (χ3v) is 6.32. The van der Waals surface area contributed by atoms with Crippen LogP contribution < -0.4 is 0 Å². The van der Waals surface area contributed by atoms with Crippen LogP contribution in [-0.2, 0) is 0 Å². The van der Waals surface area contributed by atoms with Crippen LogP contribution in [0.5, 0.6) is 0 Å². The van der Waals surface area contributed by atoms with Gasteiger partial charge in [-0.3, -0.25) is 8.97 Å². The Kier molecular flexibility index (Phi) is 4.11. The first-order valence-electron chi connectivity index (χ1n) is 11.4. The Balaban J connectivity index is 1.59. The summed E-state index contributed by atoms with van der Waals surface area (Å²) in [6.45, 7) is 0. The van der Waals surface area contributed by atoms with Crippen LogP contribution in [-0.4, -0.2) is 18.9 Å². The van der Waals surface area contributed by atoms with Crippen LogP contribution in [0, 0.1) is 0 Å². The minimum Gasteiger partial charge on any atom is -0.276 e. The molecule has 0 aliphatic rings. The van der Waals surface area contributed by atoms with Crippen LogP contribution in [0.15, 0.2) is 121 Å². The predicted octanol–water partition coefficient (Wildman–Crippen LogP) is 7.16. The molecular formula is C30H20N4. The molecule has 3 heterocycles. The van der Waals surface area contributed by atoms with Crippen molar-refractivity contribution in [3.05, 3.63) is 121 Å². The van der Waals surface area contributed by atoms with Gasteiger partial charge in [0, 0.05) is 5.56 Å². The topological polar surface area (TPSA) is 35.1 Å². The van der Waals surface area contributed by atoms with Gasteiger partial charge in [-0.25, -0.2) is 9.97 Å². The van der Waals surface area contributed by atoms with Gasteiger partial charge in [0.1, 0.15) is 5.82 Å². The molecule has 0 atom stereocenters. The van der Waals surface area contributed by atoms with E-state index in [4.69, 9.17) is 9.97 Å². The zero-order valence-corrected chi connectivity index (χ0v) is 18.3. The number of fused-ring (bicyclic) bond motifs is 5. The summed E-state index contributed by atoms with van der Waals surface area (Å²) in [5.41, 5.74) is 8.55. The number of hydrogen-bond acceptors (Lipinski definition) is 2. The Morgan fingerprint density at radius 3 is 1.85 bits per heavy atom. The smallest absolute Gasteiger partial charge is 0.221 e. The average Bonchev–Trinajstić information content (AvgIpc) is 3.44. The van der Waals surface area contributed by atoms with E-state index in [1.807, 2.05) is 18.2 Å². The van der Waals surface area contributed by atoms with Crippen molar-refractivity contribution >= 4 is 27.8 Å². The maximum Gasteiger partial charge on any atom is 0.221 e. The van der Waals surface area contributed by atoms with Gasteiger partial charge >= 0.3 is 0 Å². The van der Waals surface area contributed by atoms with Crippen LogP contribution in [0.3, 0.4) is 0 Å². The Morgan fingerprint density at radius 2 is 1.09 bits per heavy atom. The fourth-order valence-electron chi connectivity index (χ4n) is 4.76. The molecular weight excluding hydrogens is 416 g/mol. The summed E-state index contributed by atoms with van der Waals surface area (Å²) in [6.07, 6.45) is 0. The lowest BCUT2D eigenvalue weighted by atomic mass is 10.0. The molecule has 0 radical (unpaired) electrons. The lowest BCUT2D eigenvalue weighted by molar-refractivity contribution is 1.04. The minimum absolute atomic E-state index is 0.849. The van der Waals surface area contributed by atoms with Crippen LogP contribution in [0.4, 0.5) is 0 Å². The molecule has 0 saturated heterocycles. The number of nitrogens with zero attached hydrogens (tertiary/aromatic N) is 4. The summed E-state index contributed by atoms with van der Waals surface area (Å²) in [4.78, 5) is 10.2. The molecule has 0 fully saturated rings. The molecule has 0 aliphatic heterocycles. The zero-order valence-electron chi connectivity index (χ0n) is 18.3. The van der Waals surface area contributed by atoms with Gasteiger partial charge in [0.25, 0.3) is 0 Å². The van der Waals surface area contributed by atoms with E-state index in [9.17, 15) is 0 Å². The Morgan fingerprint density at radius 1 is 0.471 bits per heavy atom. The molecule has 34 heavy (non-hydrogen) atoms. The van der Waals surface area contributed by atoms with Gasteiger partial charge in [-0.1, -0.05) is 84.9 Å². The van der Waals surface area contributed by atoms with Gasteiger partial charge in [-0.15, -0.1) is 0 Å². The van der Waals surface area contributed by atoms with Crippen molar-refractivity contribution in [2.75, 3.05) is 0 Å². The third kappa shape index (κ3) is 2.86. The van der Waals surface area contributed by atoms with Gasteiger partial charge < -0.3 is 0 Å². The molecule has 0 aliphatic carbocycles. The monoisotopic (exact) mass is 436 g/mol. The molecule has 0 unspecified atom stereocenters. The number of hydrogen-bond donors (Lipinski definition) is 0. The van der Waals surface area contributed by atoms with Gasteiger partial charge in [-0.05, 0) is 47.5 Å². The van der Waals surface area contributed by atoms with E-state index in [2.05, 4.69) is 112 Å². The number of pyridine rings is 1. The van der Waals surface area contributed by atoms with Gasteiger partial charge in [0.05, 0.1) is 27.8 Å². The zero-order chi connectivity index (χ0) is 22.5. The number of para-hydroxylation sites is 4. The molecule has 3 aromatic heterocycles. The summed E-state index contributed by atoms with van der Waals surface area (Å²) in [5, 5.41) is 0. The van der Waals surface area contributed by atoms with Crippen molar-refractivity contribution in [1.29, 1.82) is 0 Å². The van der Waals surface area contributed by atoms with Crippen molar-refractivity contribution in [2.45, 2.75) is 0 Å². The second-order valence-electron chi connectivity index (χ2n) is 8.39. The molecule has 4 aromatic carbocycles. The van der Waals surface area contributed by atoms with E-state index >= 15 is 0 Å². The highest BCUT2D eigenvalue weighted by molar-refractivity contribution is 5.92. The molecule has 4 heteroatoms. The molecule has 0 N–H and O–H groups in total.